The number of hydrogen-bond acceptors (Lipinski definition) is 4. The van der Waals surface area contributed by atoms with E-state index in [9.17, 15) is 10.1 Å². The van der Waals surface area contributed by atoms with Crippen molar-refractivity contribution in [2.45, 2.75) is 38.5 Å². The molecule has 0 aliphatic heterocycles. The van der Waals surface area contributed by atoms with Gasteiger partial charge in [-0.1, -0.05) is 37.1 Å². The average Bonchev–Trinajstić information content (AvgIpc) is 3.48. The first-order chi connectivity index (χ1) is 15.6. The van der Waals surface area contributed by atoms with Crippen molar-refractivity contribution in [3.05, 3.63) is 59.8 Å². The number of para-hydroxylation sites is 1. The highest BCUT2D eigenvalue weighted by Gasteiger charge is 2.41. The fourth-order valence-corrected chi connectivity index (χ4v) is 4.70. The van der Waals surface area contributed by atoms with Gasteiger partial charge in [-0.2, -0.15) is 5.26 Å². The molecule has 0 bridgehead atoms. The number of rotatable bonds is 8. The normalized spacial score (nSPS) is 15.8. The summed E-state index contributed by atoms with van der Waals surface area (Å²) in [7, 11) is 1.63. The summed E-state index contributed by atoms with van der Waals surface area (Å²) in [5.41, 5.74) is 2.24. The summed E-state index contributed by atoms with van der Waals surface area (Å²) in [5, 5.41) is 13.9. The smallest absolute Gasteiger partial charge is 0.240 e. The number of ether oxygens (including phenoxy) is 2. The van der Waals surface area contributed by atoms with Gasteiger partial charge in [-0.05, 0) is 49.1 Å². The van der Waals surface area contributed by atoms with Crippen LogP contribution in [0.3, 0.4) is 0 Å². The second-order valence-corrected chi connectivity index (χ2v) is 8.30. The summed E-state index contributed by atoms with van der Waals surface area (Å²) < 4.78 is 11.3. The molecule has 1 saturated carbocycles. The molecule has 6 heteroatoms. The maximum absolute atomic E-state index is 13.0. The van der Waals surface area contributed by atoms with E-state index >= 15 is 0 Å². The molecule has 6 nitrogen and oxygen atoms in total. The van der Waals surface area contributed by atoms with Gasteiger partial charge in [-0.15, -0.1) is 0 Å². The third-order valence-corrected chi connectivity index (χ3v) is 6.46. The molecular formula is C26H29N3O3. The fraction of sp³-hybridized carbons (Fsp3) is 0.385. The number of nitrogens with one attached hydrogen (secondary N) is 2. The Balaban J connectivity index is 1.69. The number of H-pyrrole nitrogens is 1. The number of nitriles is 1. The van der Waals surface area contributed by atoms with Gasteiger partial charge in [0.1, 0.15) is 5.41 Å². The van der Waals surface area contributed by atoms with Crippen molar-refractivity contribution in [1.82, 2.24) is 10.3 Å². The van der Waals surface area contributed by atoms with E-state index in [4.69, 9.17) is 9.47 Å². The number of aromatic nitrogens is 1. The van der Waals surface area contributed by atoms with E-state index in [2.05, 4.69) is 22.4 Å². The summed E-state index contributed by atoms with van der Waals surface area (Å²) in [5.74, 6) is 1.07. The van der Waals surface area contributed by atoms with Crippen LogP contribution in [0.5, 0.6) is 11.5 Å². The van der Waals surface area contributed by atoms with Gasteiger partial charge in [-0.25, -0.2) is 0 Å². The molecule has 1 amide bonds. The predicted molar refractivity (Wildman–Crippen MR) is 124 cm³/mol. The van der Waals surface area contributed by atoms with Crippen molar-refractivity contribution in [3.63, 3.8) is 0 Å². The number of fused-ring (bicyclic) bond motifs is 1. The Morgan fingerprint density at radius 3 is 2.72 bits per heavy atom. The van der Waals surface area contributed by atoms with Crippen molar-refractivity contribution in [2.75, 3.05) is 20.3 Å². The lowest BCUT2D eigenvalue weighted by molar-refractivity contribution is -0.127. The van der Waals surface area contributed by atoms with Crippen LogP contribution in [0.15, 0.2) is 48.7 Å². The number of aromatic amines is 1. The number of hydrogen-bond donors (Lipinski definition) is 2. The van der Waals surface area contributed by atoms with E-state index in [0.29, 0.717) is 37.5 Å². The van der Waals surface area contributed by atoms with Crippen LogP contribution < -0.4 is 14.8 Å². The highest BCUT2D eigenvalue weighted by Crippen LogP contribution is 2.39. The number of benzene rings is 2. The summed E-state index contributed by atoms with van der Waals surface area (Å²) in [6.07, 6.45) is 5.10. The van der Waals surface area contributed by atoms with Crippen LogP contribution in [-0.4, -0.2) is 31.2 Å². The van der Waals surface area contributed by atoms with E-state index in [-0.39, 0.29) is 11.8 Å². The van der Waals surface area contributed by atoms with Crippen molar-refractivity contribution in [1.29, 1.82) is 5.26 Å². The SMILES string of the molecule is CCOc1ccc(C(CNC(=O)C2(C#N)CCCC2)c2c[nH]c3ccccc23)cc1OC. The lowest BCUT2D eigenvalue weighted by Gasteiger charge is -2.23. The Kier molecular flexibility index (Phi) is 6.36. The molecule has 1 unspecified atom stereocenters. The Bertz CT molecular complexity index is 1140. The van der Waals surface area contributed by atoms with Crippen molar-refractivity contribution < 1.29 is 14.3 Å². The first kappa shape index (κ1) is 21.8. The molecule has 0 radical (unpaired) electrons. The van der Waals surface area contributed by atoms with Crippen molar-refractivity contribution in [3.8, 4) is 17.6 Å². The molecule has 4 rings (SSSR count). The van der Waals surface area contributed by atoms with E-state index in [0.717, 1.165) is 34.9 Å². The molecule has 0 saturated heterocycles. The molecule has 0 spiro atoms. The number of methoxy groups -OCH3 is 1. The summed E-state index contributed by atoms with van der Waals surface area (Å²) in [6, 6.07) is 16.3. The fourth-order valence-electron chi connectivity index (χ4n) is 4.70. The quantitative estimate of drug-likeness (QED) is 0.531. The van der Waals surface area contributed by atoms with Gasteiger partial charge in [0.05, 0.1) is 19.8 Å². The predicted octanol–water partition coefficient (Wildman–Crippen LogP) is 4.91. The van der Waals surface area contributed by atoms with Gasteiger partial charge in [0, 0.05) is 29.6 Å². The second kappa shape index (κ2) is 9.35. The molecule has 1 aliphatic rings. The van der Waals surface area contributed by atoms with E-state index in [1.54, 1.807) is 7.11 Å². The highest BCUT2D eigenvalue weighted by molar-refractivity contribution is 5.87. The van der Waals surface area contributed by atoms with Crippen LogP contribution >= 0.6 is 0 Å². The molecular weight excluding hydrogens is 402 g/mol. The standard InChI is InChI=1S/C26H29N3O3/c1-3-32-23-11-10-18(14-24(23)31-2)20(21-16-28-22-9-5-4-8-19(21)22)15-29-25(30)26(17-27)12-6-7-13-26/h4-5,8-11,14,16,20,28H,3,6-7,12-13,15H2,1-2H3,(H,29,30). The molecule has 1 aliphatic carbocycles. The van der Waals surface area contributed by atoms with Gasteiger partial charge >= 0.3 is 0 Å². The molecule has 3 aromatic rings. The van der Waals surface area contributed by atoms with E-state index in [1.165, 1.54) is 0 Å². The Labute approximate surface area is 188 Å². The number of carbonyl (C=O) groups is 1. The van der Waals surface area contributed by atoms with Gasteiger partial charge in [0.15, 0.2) is 11.5 Å². The molecule has 1 fully saturated rings. The Hall–Kier alpha value is -3.46. The minimum atomic E-state index is -0.902. The van der Waals surface area contributed by atoms with Crippen molar-refractivity contribution in [2.24, 2.45) is 5.41 Å². The zero-order chi connectivity index (χ0) is 22.6. The minimum absolute atomic E-state index is 0.114. The lowest BCUT2D eigenvalue weighted by atomic mass is 9.86. The molecule has 2 aromatic carbocycles. The summed E-state index contributed by atoms with van der Waals surface area (Å²) in [6.45, 7) is 2.88. The van der Waals surface area contributed by atoms with Crippen molar-refractivity contribution >= 4 is 16.8 Å². The number of carbonyl (C=O) groups excluding carboxylic acids is 1. The first-order valence-corrected chi connectivity index (χ1v) is 11.2. The third kappa shape index (κ3) is 4.03. The molecule has 1 heterocycles. The molecule has 32 heavy (non-hydrogen) atoms. The molecule has 1 atom stereocenters. The monoisotopic (exact) mass is 431 g/mol. The molecule has 1 aromatic heterocycles. The largest absolute Gasteiger partial charge is 0.493 e. The number of amides is 1. The maximum atomic E-state index is 13.0. The van der Waals surface area contributed by atoms with Crippen LogP contribution in [0.4, 0.5) is 0 Å². The maximum Gasteiger partial charge on any atom is 0.240 e. The minimum Gasteiger partial charge on any atom is -0.493 e. The van der Waals surface area contributed by atoms with Crippen LogP contribution in [0.1, 0.15) is 49.7 Å². The Morgan fingerprint density at radius 2 is 2.00 bits per heavy atom. The van der Waals surface area contributed by atoms with Crippen LogP contribution in [-0.2, 0) is 4.79 Å². The highest BCUT2D eigenvalue weighted by atomic mass is 16.5. The second-order valence-electron chi connectivity index (χ2n) is 8.30. The summed E-state index contributed by atoms with van der Waals surface area (Å²) in [4.78, 5) is 16.4. The molecule has 166 valence electrons. The number of nitrogens with zero attached hydrogens (tertiary/aromatic N) is 1. The topological polar surface area (TPSA) is 87.1 Å². The van der Waals surface area contributed by atoms with E-state index < -0.39 is 5.41 Å². The third-order valence-electron chi connectivity index (χ3n) is 6.46. The van der Waals surface area contributed by atoms with Gasteiger partial charge in [0.25, 0.3) is 0 Å². The van der Waals surface area contributed by atoms with Crippen LogP contribution in [0.2, 0.25) is 0 Å². The van der Waals surface area contributed by atoms with Gasteiger partial charge < -0.3 is 19.8 Å². The van der Waals surface area contributed by atoms with Gasteiger partial charge in [-0.3, -0.25) is 4.79 Å². The Morgan fingerprint density at radius 1 is 1.22 bits per heavy atom. The average molecular weight is 432 g/mol. The zero-order valence-corrected chi connectivity index (χ0v) is 18.6. The summed E-state index contributed by atoms with van der Waals surface area (Å²) >= 11 is 0. The lowest BCUT2D eigenvalue weighted by Crippen LogP contribution is -2.40. The van der Waals surface area contributed by atoms with Gasteiger partial charge in [0.2, 0.25) is 5.91 Å². The zero-order valence-electron chi connectivity index (χ0n) is 18.6. The molecule has 2 N–H and O–H groups in total. The van der Waals surface area contributed by atoms with Crippen LogP contribution in [0, 0.1) is 16.7 Å². The van der Waals surface area contributed by atoms with E-state index in [1.807, 2.05) is 49.5 Å². The first-order valence-electron chi connectivity index (χ1n) is 11.2. The van der Waals surface area contributed by atoms with Crippen LogP contribution in [0.25, 0.3) is 10.9 Å².